The molecule has 156 valence electrons. The lowest BCUT2D eigenvalue weighted by molar-refractivity contribution is 0.100. The molecule has 3 rings (SSSR count). The summed E-state index contributed by atoms with van der Waals surface area (Å²) in [6, 6.07) is 23.1. The molecule has 6 nitrogen and oxygen atoms in total. The fourth-order valence-electron chi connectivity index (χ4n) is 2.38. The molecule has 0 unspecified atom stereocenters. The van der Waals surface area contributed by atoms with Crippen LogP contribution in [-0.4, -0.2) is 36.4 Å². The van der Waals surface area contributed by atoms with Gasteiger partial charge in [-0.15, -0.1) is 0 Å². The van der Waals surface area contributed by atoms with Crippen molar-refractivity contribution in [1.29, 1.82) is 0 Å². The van der Waals surface area contributed by atoms with E-state index in [1.54, 1.807) is 68.0 Å². The summed E-state index contributed by atoms with van der Waals surface area (Å²) >= 11 is 11.8. The quantitative estimate of drug-likeness (QED) is 0.334. The van der Waals surface area contributed by atoms with Crippen LogP contribution in [-0.2, 0) is 0 Å². The molecule has 3 aromatic rings. The molecule has 0 aliphatic heterocycles. The maximum absolute atomic E-state index is 12.6. The highest BCUT2D eigenvalue weighted by molar-refractivity contribution is 6.30. The summed E-state index contributed by atoms with van der Waals surface area (Å²) in [7, 11) is 1.66. The maximum atomic E-state index is 12.6. The third-order valence-corrected chi connectivity index (χ3v) is 4.54. The molecule has 0 spiro atoms. The van der Waals surface area contributed by atoms with Gasteiger partial charge in [-0.05, 0) is 47.5 Å². The third kappa shape index (κ3) is 7.06. The molecule has 0 heterocycles. The van der Waals surface area contributed by atoms with Crippen LogP contribution in [0.25, 0.3) is 0 Å². The Balaban J connectivity index is 1.80. The lowest BCUT2D eigenvalue weighted by Gasteiger charge is -2.14. The minimum Gasteiger partial charge on any atom is -0.267 e. The van der Waals surface area contributed by atoms with E-state index in [4.69, 9.17) is 23.2 Å². The molecule has 0 aliphatic carbocycles. The number of aliphatic imine (C=N–C) groups is 1. The Bertz CT molecular complexity index is 1100. The Kier molecular flexibility index (Phi) is 7.92. The molecule has 3 aromatic carbocycles. The van der Waals surface area contributed by atoms with Crippen LogP contribution < -0.4 is 5.43 Å². The van der Waals surface area contributed by atoms with Gasteiger partial charge in [0.05, 0.1) is 12.4 Å². The number of rotatable bonds is 5. The van der Waals surface area contributed by atoms with E-state index in [0.717, 1.165) is 11.1 Å². The fraction of sp³-hybridized carbons (Fsp3) is 0.0435. The average Bonchev–Trinajstić information content (AvgIpc) is 2.79. The van der Waals surface area contributed by atoms with Crippen LogP contribution >= 0.6 is 23.2 Å². The van der Waals surface area contributed by atoms with Gasteiger partial charge in [-0.1, -0.05) is 65.7 Å². The number of carbonyl (C=O) groups is 1. The first-order chi connectivity index (χ1) is 15.0. The van der Waals surface area contributed by atoms with E-state index in [-0.39, 0.29) is 5.96 Å². The monoisotopic (exact) mass is 451 g/mol. The van der Waals surface area contributed by atoms with Crippen molar-refractivity contribution in [3.05, 3.63) is 106 Å². The fourth-order valence-corrected chi connectivity index (χ4v) is 2.63. The van der Waals surface area contributed by atoms with Crippen molar-refractivity contribution < 1.29 is 4.79 Å². The van der Waals surface area contributed by atoms with Crippen molar-refractivity contribution in [3.8, 4) is 0 Å². The number of hydrazone groups is 2. The van der Waals surface area contributed by atoms with Crippen LogP contribution in [0.3, 0.4) is 0 Å². The number of hydrogen-bond acceptors (Lipinski definition) is 3. The Morgan fingerprint density at radius 1 is 0.839 bits per heavy atom. The van der Waals surface area contributed by atoms with Gasteiger partial charge in [0.15, 0.2) is 0 Å². The Hall–Kier alpha value is -3.48. The van der Waals surface area contributed by atoms with Crippen molar-refractivity contribution in [3.63, 3.8) is 0 Å². The largest absolute Gasteiger partial charge is 0.280 e. The number of carbonyl (C=O) groups excluding carboxylic acids is 1. The Morgan fingerprint density at radius 3 is 1.97 bits per heavy atom. The summed E-state index contributed by atoms with van der Waals surface area (Å²) < 4.78 is 0. The number of hydrogen-bond donors (Lipinski definition) is 1. The second-order valence-corrected chi connectivity index (χ2v) is 7.22. The van der Waals surface area contributed by atoms with Crippen molar-refractivity contribution in [2.24, 2.45) is 15.2 Å². The van der Waals surface area contributed by atoms with E-state index in [9.17, 15) is 4.79 Å². The first-order valence-corrected chi connectivity index (χ1v) is 10.0. The normalized spacial score (nSPS) is 11.8. The average molecular weight is 452 g/mol. The van der Waals surface area contributed by atoms with Gasteiger partial charge in [0.1, 0.15) is 0 Å². The molecule has 0 bridgehead atoms. The molecular weight excluding hydrogens is 433 g/mol. The van der Waals surface area contributed by atoms with Crippen LogP contribution in [0.5, 0.6) is 0 Å². The number of nitrogens with one attached hydrogen (secondary N) is 1. The van der Waals surface area contributed by atoms with Gasteiger partial charge in [0.2, 0.25) is 5.96 Å². The molecule has 1 N–H and O–H groups in total. The highest BCUT2D eigenvalue weighted by atomic mass is 35.5. The SMILES string of the molecule is CN(/N=C/c1ccc(Cl)cc1)/C(=N\C(=O)c1ccccc1)N/N=C/c1ccc(Cl)cc1. The van der Waals surface area contributed by atoms with Crippen molar-refractivity contribution in [1.82, 2.24) is 10.4 Å². The molecular formula is C23H19Cl2N5O. The molecule has 0 radical (unpaired) electrons. The van der Waals surface area contributed by atoms with Gasteiger partial charge in [0.25, 0.3) is 5.91 Å². The maximum Gasteiger partial charge on any atom is 0.280 e. The summed E-state index contributed by atoms with van der Waals surface area (Å²) in [4.78, 5) is 16.7. The number of guanidine groups is 1. The van der Waals surface area contributed by atoms with Gasteiger partial charge in [-0.3, -0.25) is 4.79 Å². The summed E-state index contributed by atoms with van der Waals surface area (Å²) in [5, 5.41) is 11.2. The smallest absolute Gasteiger partial charge is 0.267 e. The van der Waals surface area contributed by atoms with Gasteiger partial charge in [-0.2, -0.15) is 15.2 Å². The summed E-state index contributed by atoms with van der Waals surface area (Å²) in [6.07, 6.45) is 3.22. The van der Waals surface area contributed by atoms with Gasteiger partial charge < -0.3 is 0 Å². The predicted octanol–water partition coefficient (Wildman–Crippen LogP) is 5.08. The van der Waals surface area contributed by atoms with Crippen LogP contribution in [0, 0.1) is 0 Å². The van der Waals surface area contributed by atoms with Crippen molar-refractivity contribution >= 4 is 47.5 Å². The molecule has 0 aromatic heterocycles. The lowest BCUT2D eigenvalue weighted by Crippen LogP contribution is -2.33. The van der Waals surface area contributed by atoms with E-state index < -0.39 is 5.91 Å². The molecule has 31 heavy (non-hydrogen) atoms. The standard InChI is InChI=1S/C23H19Cl2N5O/c1-30(27-16-18-9-13-21(25)14-10-18)23(28-22(31)19-5-3-2-4-6-19)29-26-15-17-7-11-20(24)12-8-17/h2-16H,1H3,(H,28,29,31)/b26-15+,27-16+. The van der Waals surface area contributed by atoms with Crippen LogP contribution in [0.15, 0.2) is 94.1 Å². The zero-order valence-electron chi connectivity index (χ0n) is 16.6. The molecule has 8 heteroatoms. The topological polar surface area (TPSA) is 69.4 Å². The third-order valence-electron chi connectivity index (χ3n) is 4.03. The van der Waals surface area contributed by atoms with E-state index in [1.807, 2.05) is 30.3 Å². The summed E-state index contributed by atoms with van der Waals surface area (Å²) in [5.41, 5.74) is 4.92. The first-order valence-electron chi connectivity index (χ1n) is 9.27. The predicted molar refractivity (Wildman–Crippen MR) is 127 cm³/mol. The zero-order chi connectivity index (χ0) is 22.1. The minimum atomic E-state index is -0.418. The molecule has 0 fully saturated rings. The Labute approximate surface area is 190 Å². The van der Waals surface area contributed by atoms with Crippen LogP contribution in [0.2, 0.25) is 10.0 Å². The lowest BCUT2D eigenvalue weighted by atomic mass is 10.2. The minimum absolute atomic E-state index is 0.157. The molecule has 0 saturated carbocycles. The molecule has 1 amide bonds. The molecule has 0 aliphatic rings. The second kappa shape index (κ2) is 11.1. The van der Waals surface area contributed by atoms with E-state index >= 15 is 0 Å². The first kappa shape index (κ1) is 22.2. The summed E-state index contributed by atoms with van der Waals surface area (Å²) in [6.45, 7) is 0. The highest BCUT2D eigenvalue weighted by Crippen LogP contribution is 2.09. The summed E-state index contributed by atoms with van der Waals surface area (Å²) in [5.74, 6) is -0.261. The van der Waals surface area contributed by atoms with Crippen LogP contribution in [0.4, 0.5) is 0 Å². The van der Waals surface area contributed by atoms with E-state index in [0.29, 0.717) is 15.6 Å². The van der Waals surface area contributed by atoms with Gasteiger partial charge in [-0.25, -0.2) is 10.4 Å². The molecule has 0 saturated heterocycles. The van der Waals surface area contributed by atoms with Gasteiger partial charge in [0, 0.05) is 22.7 Å². The van der Waals surface area contributed by atoms with Crippen molar-refractivity contribution in [2.75, 3.05) is 7.05 Å². The van der Waals surface area contributed by atoms with Crippen LogP contribution in [0.1, 0.15) is 21.5 Å². The van der Waals surface area contributed by atoms with E-state index in [1.165, 1.54) is 5.01 Å². The van der Waals surface area contributed by atoms with Crippen molar-refractivity contribution in [2.45, 2.75) is 0 Å². The zero-order valence-corrected chi connectivity index (χ0v) is 18.1. The number of benzene rings is 3. The Morgan fingerprint density at radius 2 is 1.39 bits per heavy atom. The number of nitrogens with zero attached hydrogens (tertiary/aromatic N) is 4. The second-order valence-electron chi connectivity index (χ2n) is 6.35. The van der Waals surface area contributed by atoms with E-state index in [2.05, 4.69) is 20.6 Å². The number of amides is 1. The number of halogens is 2. The highest BCUT2D eigenvalue weighted by Gasteiger charge is 2.10. The van der Waals surface area contributed by atoms with Gasteiger partial charge >= 0.3 is 0 Å². The molecule has 0 atom stereocenters.